The average Bonchev–Trinajstić information content (AvgIpc) is 2.98. The second-order valence-electron chi connectivity index (χ2n) is 6.29. The highest BCUT2D eigenvalue weighted by Crippen LogP contribution is 2.38. The molecule has 0 spiro atoms. The maximum absolute atomic E-state index is 13.0. The Balaban J connectivity index is 1.59. The number of nitrogens with one attached hydrogen (secondary N) is 1. The number of benzene rings is 3. The Morgan fingerprint density at radius 1 is 1.00 bits per heavy atom. The third-order valence-electron chi connectivity index (χ3n) is 4.34. The number of fused-ring (bicyclic) bond motifs is 1. The van der Waals surface area contributed by atoms with Crippen LogP contribution in [0, 0.1) is 5.82 Å². The SMILES string of the molecule is O=C1Nc2ccccc2/C1=C/c1cc(Br)c(OCc2ccc(F)cc2)c(Br)c1. The third kappa shape index (κ3) is 3.88. The molecule has 0 saturated heterocycles. The summed E-state index contributed by atoms with van der Waals surface area (Å²) in [5, 5.41) is 2.87. The van der Waals surface area contributed by atoms with Crippen molar-refractivity contribution < 1.29 is 13.9 Å². The Morgan fingerprint density at radius 2 is 1.68 bits per heavy atom. The van der Waals surface area contributed by atoms with Gasteiger partial charge in [-0.15, -0.1) is 0 Å². The average molecular weight is 503 g/mol. The molecule has 1 aliphatic rings. The van der Waals surface area contributed by atoms with E-state index in [4.69, 9.17) is 4.74 Å². The van der Waals surface area contributed by atoms with E-state index in [1.165, 1.54) is 12.1 Å². The molecular weight excluding hydrogens is 489 g/mol. The van der Waals surface area contributed by atoms with Crippen LogP contribution in [0.2, 0.25) is 0 Å². The van der Waals surface area contributed by atoms with Gasteiger partial charge in [0.05, 0.1) is 8.95 Å². The molecule has 4 rings (SSSR count). The third-order valence-corrected chi connectivity index (χ3v) is 5.52. The van der Waals surface area contributed by atoms with Crippen LogP contribution in [0.5, 0.6) is 5.75 Å². The number of amides is 1. The first-order valence-electron chi connectivity index (χ1n) is 8.50. The van der Waals surface area contributed by atoms with Crippen LogP contribution >= 0.6 is 31.9 Å². The van der Waals surface area contributed by atoms with Gasteiger partial charge in [0.1, 0.15) is 18.2 Å². The molecule has 1 heterocycles. The van der Waals surface area contributed by atoms with E-state index in [-0.39, 0.29) is 11.7 Å². The van der Waals surface area contributed by atoms with Gasteiger partial charge in [0, 0.05) is 16.8 Å². The molecule has 1 N–H and O–H groups in total. The summed E-state index contributed by atoms with van der Waals surface area (Å²) in [5.41, 5.74) is 4.04. The normalized spacial score (nSPS) is 14.1. The molecule has 0 aromatic heterocycles. The lowest BCUT2D eigenvalue weighted by atomic mass is 10.0. The molecule has 0 unspecified atom stereocenters. The van der Waals surface area contributed by atoms with Gasteiger partial charge in [-0.05, 0) is 79.4 Å². The monoisotopic (exact) mass is 501 g/mol. The van der Waals surface area contributed by atoms with Gasteiger partial charge in [0.2, 0.25) is 0 Å². The molecule has 0 bridgehead atoms. The van der Waals surface area contributed by atoms with E-state index in [0.717, 1.165) is 31.3 Å². The number of rotatable bonds is 4. The molecule has 3 aromatic rings. The maximum Gasteiger partial charge on any atom is 0.256 e. The van der Waals surface area contributed by atoms with E-state index in [1.807, 2.05) is 42.5 Å². The fourth-order valence-electron chi connectivity index (χ4n) is 2.99. The highest BCUT2D eigenvalue weighted by molar-refractivity contribution is 9.11. The van der Waals surface area contributed by atoms with Crippen molar-refractivity contribution in [3.8, 4) is 5.75 Å². The number of anilines is 1. The highest BCUT2D eigenvalue weighted by atomic mass is 79.9. The largest absolute Gasteiger partial charge is 0.487 e. The van der Waals surface area contributed by atoms with E-state index >= 15 is 0 Å². The molecule has 28 heavy (non-hydrogen) atoms. The summed E-state index contributed by atoms with van der Waals surface area (Å²) < 4.78 is 20.4. The van der Waals surface area contributed by atoms with Crippen LogP contribution in [-0.2, 0) is 11.4 Å². The highest BCUT2D eigenvalue weighted by Gasteiger charge is 2.23. The van der Waals surface area contributed by atoms with Gasteiger partial charge in [-0.1, -0.05) is 30.3 Å². The standard InChI is InChI=1S/C22H14Br2FNO2/c23-18-10-14(9-17-16-3-1-2-4-20(16)26-22(17)27)11-19(24)21(18)28-12-13-5-7-15(25)8-6-13/h1-11H,12H2,(H,26,27)/b17-9-. The van der Waals surface area contributed by atoms with Crippen LogP contribution in [0.15, 0.2) is 69.6 Å². The first kappa shape index (κ1) is 18.9. The molecule has 0 fully saturated rings. The summed E-state index contributed by atoms with van der Waals surface area (Å²) in [5.74, 6) is 0.244. The maximum atomic E-state index is 13.0. The van der Waals surface area contributed by atoms with Crippen molar-refractivity contribution >= 4 is 55.1 Å². The summed E-state index contributed by atoms with van der Waals surface area (Å²) in [7, 11) is 0. The second kappa shape index (κ2) is 7.89. The molecule has 0 saturated carbocycles. The van der Waals surface area contributed by atoms with Crippen LogP contribution < -0.4 is 10.1 Å². The van der Waals surface area contributed by atoms with Gasteiger partial charge < -0.3 is 10.1 Å². The van der Waals surface area contributed by atoms with Crippen molar-refractivity contribution in [1.29, 1.82) is 0 Å². The molecule has 0 radical (unpaired) electrons. The zero-order valence-corrected chi connectivity index (χ0v) is 17.7. The van der Waals surface area contributed by atoms with Gasteiger partial charge >= 0.3 is 0 Å². The van der Waals surface area contributed by atoms with Crippen molar-refractivity contribution in [3.05, 3.63) is 92.1 Å². The van der Waals surface area contributed by atoms with E-state index in [9.17, 15) is 9.18 Å². The predicted octanol–water partition coefficient (Wildman–Crippen LogP) is 6.42. The van der Waals surface area contributed by atoms with Crippen molar-refractivity contribution in [2.24, 2.45) is 0 Å². The van der Waals surface area contributed by atoms with Crippen LogP contribution in [0.25, 0.3) is 11.6 Å². The lowest BCUT2D eigenvalue weighted by Gasteiger charge is -2.12. The fraction of sp³-hybridized carbons (Fsp3) is 0.0455. The number of carbonyl (C=O) groups excluding carboxylic acids is 1. The van der Waals surface area contributed by atoms with Crippen LogP contribution in [0.3, 0.4) is 0 Å². The molecule has 1 aliphatic heterocycles. The molecule has 6 heteroatoms. The first-order valence-corrected chi connectivity index (χ1v) is 10.1. The Kier molecular flexibility index (Phi) is 5.33. The van der Waals surface area contributed by atoms with Gasteiger partial charge in [-0.25, -0.2) is 4.39 Å². The Morgan fingerprint density at radius 3 is 2.39 bits per heavy atom. The molecule has 0 atom stereocenters. The smallest absolute Gasteiger partial charge is 0.256 e. The van der Waals surface area contributed by atoms with Crippen LogP contribution in [0.1, 0.15) is 16.7 Å². The first-order chi connectivity index (χ1) is 13.5. The summed E-state index contributed by atoms with van der Waals surface area (Å²) in [4.78, 5) is 12.3. The van der Waals surface area contributed by atoms with E-state index in [1.54, 1.807) is 12.1 Å². The molecular formula is C22H14Br2FNO2. The molecule has 140 valence electrons. The molecule has 3 nitrogen and oxygen atoms in total. The number of para-hydroxylation sites is 1. The van der Waals surface area contributed by atoms with E-state index < -0.39 is 0 Å². The fourth-order valence-corrected chi connectivity index (χ4v) is 4.44. The number of hydrogen-bond donors (Lipinski definition) is 1. The van der Waals surface area contributed by atoms with Gasteiger partial charge in [-0.3, -0.25) is 4.79 Å². The summed E-state index contributed by atoms with van der Waals surface area (Å²) in [6.45, 7) is 0.313. The predicted molar refractivity (Wildman–Crippen MR) is 116 cm³/mol. The van der Waals surface area contributed by atoms with Crippen molar-refractivity contribution in [3.63, 3.8) is 0 Å². The number of hydrogen-bond acceptors (Lipinski definition) is 2. The zero-order valence-electron chi connectivity index (χ0n) is 14.5. The number of carbonyl (C=O) groups is 1. The van der Waals surface area contributed by atoms with Crippen molar-refractivity contribution in [2.45, 2.75) is 6.61 Å². The van der Waals surface area contributed by atoms with Crippen molar-refractivity contribution in [1.82, 2.24) is 0 Å². The zero-order chi connectivity index (χ0) is 19.7. The van der Waals surface area contributed by atoms with Crippen LogP contribution in [0.4, 0.5) is 10.1 Å². The summed E-state index contributed by atoms with van der Waals surface area (Å²) in [6.07, 6.45) is 1.85. The van der Waals surface area contributed by atoms with Gasteiger partial charge in [-0.2, -0.15) is 0 Å². The van der Waals surface area contributed by atoms with Crippen LogP contribution in [-0.4, -0.2) is 5.91 Å². The minimum Gasteiger partial charge on any atom is -0.487 e. The minimum absolute atomic E-state index is 0.120. The topological polar surface area (TPSA) is 38.3 Å². The van der Waals surface area contributed by atoms with Crippen molar-refractivity contribution in [2.75, 3.05) is 5.32 Å². The summed E-state index contributed by atoms with van der Waals surface area (Å²) in [6, 6.07) is 17.6. The quantitative estimate of drug-likeness (QED) is 0.418. The minimum atomic E-state index is -0.277. The molecule has 0 aliphatic carbocycles. The lowest BCUT2D eigenvalue weighted by molar-refractivity contribution is -0.110. The van der Waals surface area contributed by atoms with E-state index in [2.05, 4.69) is 37.2 Å². The van der Waals surface area contributed by atoms with E-state index in [0.29, 0.717) is 17.9 Å². The number of ether oxygens (including phenoxy) is 1. The number of halogens is 3. The van der Waals surface area contributed by atoms with Gasteiger partial charge in [0.25, 0.3) is 5.91 Å². The lowest BCUT2D eigenvalue weighted by Crippen LogP contribution is -2.03. The Hall–Kier alpha value is -2.44. The molecule has 3 aromatic carbocycles. The Labute approximate surface area is 178 Å². The molecule has 1 amide bonds. The summed E-state index contributed by atoms with van der Waals surface area (Å²) >= 11 is 7.07. The van der Waals surface area contributed by atoms with Gasteiger partial charge in [0.15, 0.2) is 0 Å². The Bertz CT molecular complexity index is 1070. The second-order valence-corrected chi connectivity index (χ2v) is 8.00.